The summed E-state index contributed by atoms with van der Waals surface area (Å²) in [5, 5.41) is 10.4. The highest BCUT2D eigenvalue weighted by Crippen LogP contribution is 2.50. The van der Waals surface area contributed by atoms with Crippen LogP contribution in [0.1, 0.15) is 56.3 Å². The van der Waals surface area contributed by atoms with Gasteiger partial charge in [0.1, 0.15) is 11.4 Å². The van der Waals surface area contributed by atoms with Crippen molar-refractivity contribution in [2.45, 2.75) is 57.7 Å². The first-order chi connectivity index (χ1) is 8.64. The van der Waals surface area contributed by atoms with Crippen LogP contribution >= 0.6 is 0 Å². The third kappa shape index (κ3) is 1.74. The molecule has 2 aliphatic rings. The lowest BCUT2D eigenvalue weighted by Crippen LogP contribution is -2.44. The Bertz CT molecular complexity index is 454. The molecule has 98 valence electrons. The molecular formula is C16H22O2. The topological polar surface area (TPSA) is 29.5 Å². The second-order valence-electron chi connectivity index (χ2n) is 5.93. The van der Waals surface area contributed by atoms with Crippen molar-refractivity contribution in [3.8, 4) is 5.75 Å². The maximum Gasteiger partial charge on any atom is 0.125 e. The second-order valence-corrected chi connectivity index (χ2v) is 5.93. The molecule has 1 fully saturated rings. The minimum atomic E-state index is -0.360. The molecule has 2 heteroatoms. The van der Waals surface area contributed by atoms with Gasteiger partial charge in [-0.05, 0) is 50.7 Å². The van der Waals surface area contributed by atoms with Crippen molar-refractivity contribution >= 4 is 0 Å². The summed E-state index contributed by atoms with van der Waals surface area (Å²) in [6.45, 7) is 4.29. The van der Waals surface area contributed by atoms with Gasteiger partial charge < -0.3 is 9.84 Å². The van der Waals surface area contributed by atoms with Gasteiger partial charge in [0.15, 0.2) is 0 Å². The van der Waals surface area contributed by atoms with E-state index in [1.54, 1.807) is 0 Å². The highest BCUT2D eigenvalue weighted by molar-refractivity contribution is 5.41. The largest absolute Gasteiger partial charge is 0.486 e. The number of aryl methyl sites for hydroxylation is 1. The van der Waals surface area contributed by atoms with Gasteiger partial charge in [-0.1, -0.05) is 18.6 Å². The molecule has 3 atom stereocenters. The lowest BCUT2D eigenvalue weighted by molar-refractivity contribution is -0.0411. The van der Waals surface area contributed by atoms with Crippen molar-refractivity contribution in [3.63, 3.8) is 0 Å². The molecule has 1 heterocycles. The number of fused-ring (bicyclic) bond motifs is 1. The Hall–Kier alpha value is -1.02. The predicted octanol–water partition coefficient (Wildman–Crippen LogP) is 3.76. The third-order valence-electron chi connectivity index (χ3n) is 4.77. The average molecular weight is 246 g/mol. The minimum Gasteiger partial charge on any atom is -0.486 e. The van der Waals surface area contributed by atoms with Crippen LogP contribution in [0.3, 0.4) is 0 Å². The van der Waals surface area contributed by atoms with E-state index in [4.69, 9.17) is 4.74 Å². The number of benzene rings is 1. The van der Waals surface area contributed by atoms with Crippen molar-refractivity contribution in [2.75, 3.05) is 0 Å². The van der Waals surface area contributed by atoms with Gasteiger partial charge in [-0.2, -0.15) is 0 Å². The summed E-state index contributed by atoms with van der Waals surface area (Å²) in [6, 6.07) is 6.16. The molecule has 0 saturated heterocycles. The van der Waals surface area contributed by atoms with Gasteiger partial charge in [0.2, 0.25) is 0 Å². The number of aliphatic hydroxyl groups excluding tert-OH is 1. The van der Waals surface area contributed by atoms with Crippen LogP contribution in [0.25, 0.3) is 0 Å². The van der Waals surface area contributed by atoms with E-state index in [-0.39, 0.29) is 11.7 Å². The Labute approximate surface area is 109 Å². The van der Waals surface area contributed by atoms with E-state index in [1.807, 2.05) is 6.07 Å². The lowest BCUT2D eigenvalue weighted by atomic mass is 9.80. The Balaban J connectivity index is 1.98. The molecule has 2 unspecified atom stereocenters. The number of rotatable bonds is 1. The van der Waals surface area contributed by atoms with Crippen molar-refractivity contribution in [1.29, 1.82) is 0 Å². The molecule has 1 aliphatic heterocycles. The van der Waals surface area contributed by atoms with Crippen molar-refractivity contribution in [1.82, 2.24) is 0 Å². The van der Waals surface area contributed by atoms with Gasteiger partial charge in [-0.3, -0.25) is 0 Å². The summed E-state index contributed by atoms with van der Waals surface area (Å²) in [4.78, 5) is 0. The fourth-order valence-corrected chi connectivity index (χ4v) is 3.81. The first-order valence-electron chi connectivity index (χ1n) is 7.12. The molecule has 18 heavy (non-hydrogen) atoms. The fourth-order valence-electron chi connectivity index (χ4n) is 3.81. The van der Waals surface area contributed by atoms with Gasteiger partial charge in [0.05, 0.1) is 6.10 Å². The molecule has 0 radical (unpaired) electrons. The first-order valence-corrected chi connectivity index (χ1v) is 7.12. The standard InChI is InChI=1S/C16H22O2/c1-3-12-5-4-8-16(12)10-14(17)13-9-11(2)6-7-15(13)18-16/h6-7,9,12,14,17H,3-5,8,10H2,1-2H3/t12?,14-,16?/m0/s1. The summed E-state index contributed by atoms with van der Waals surface area (Å²) >= 11 is 0. The highest BCUT2D eigenvalue weighted by atomic mass is 16.5. The maximum atomic E-state index is 10.4. The van der Waals surface area contributed by atoms with E-state index in [2.05, 4.69) is 26.0 Å². The molecule has 0 amide bonds. The van der Waals surface area contributed by atoms with Crippen molar-refractivity contribution in [3.05, 3.63) is 29.3 Å². The molecule has 1 aliphatic carbocycles. The van der Waals surface area contributed by atoms with Crippen LogP contribution in [-0.4, -0.2) is 10.7 Å². The van der Waals surface area contributed by atoms with Crippen LogP contribution in [-0.2, 0) is 0 Å². The van der Waals surface area contributed by atoms with Crippen molar-refractivity contribution in [2.24, 2.45) is 5.92 Å². The van der Waals surface area contributed by atoms with E-state index in [1.165, 1.54) is 18.4 Å². The molecule has 1 saturated carbocycles. The van der Waals surface area contributed by atoms with Crippen LogP contribution in [0, 0.1) is 12.8 Å². The molecule has 1 aromatic carbocycles. The minimum absolute atomic E-state index is 0.101. The monoisotopic (exact) mass is 246 g/mol. The van der Waals surface area contributed by atoms with Gasteiger partial charge >= 0.3 is 0 Å². The summed E-state index contributed by atoms with van der Waals surface area (Å²) in [6.07, 6.45) is 5.11. The van der Waals surface area contributed by atoms with Gasteiger partial charge in [-0.15, -0.1) is 0 Å². The van der Waals surface area contributed by atoms with Crippen LogP contribution in [0.15, 0.2) is 18.2 Å². The zero-order valence-electron chi connectivity index (χ0n) is 11.3. The summed E-state index contributed by atoms with van der Waals surface area (Å²) in [7, 11) is 0. The molecule has 0 bridgehead atoms. The summed E-state index contributed by atoms with van der Waals surface area (Å²) in [5.41, 5.74) is 2.06. The molecule has 0 aromatic heterocycles. The lowest BCUT2D eigenvalue weighted by Gasteiger charge is -2.42. The SMILES string of the molecule is CCC1CCCC12C[C@H](O)c1cc(C)ccc1O2. The van der Waals surface area contributed by atoms with Crippen LogP contribution in [0.2, 0.25) is 0 Å². The maximum absolute atomic E-state index is 10.4. The molecule has 2 nitrogen and oxygen atoms in total. The average Bonchev–Trinajstić information content (AvgIpc) is 2.72. The quantitative estimate of drug-likeness (QED) is 0.817. The summed E-state index contributed by atoms with van der Waals surface area (Å²) in [5.74, 6) is 1.50. The zero-order chi connectivity index (χ0) is 12.8. The van der Waals surface area contributed by atoms with Crippen LogP contribution in [0.5, 0.6) is 5.75 Å². The normalized spacial score (nSPS) is 34.4. The molecule has 1 aromatic rings. The Kier molecular flexibility index (Phi) is 2.86. The first kappa shape index (κ1) is 12.0. The summed E-state index contributed by atoms with van der Waals surface area (Å²) < 4.78 is 6.35. The number of hydrogen-bond donors (Lipinski definition) is 1. The smallest absolute Gasteiger partial charge is 0.125 e. The molecule has 1 spiro atoms. The van der Waals surface area contributed by atoms with E-state index in [0.29, 0.717) is 5.92 Å². The van der Waals surface area contributed by atoms with Crippen LogP contribution < -0.4 is 4.74 Å². The number of ether oxygens (including phenoxy) is 1. The van der Waals surface area contributed by atoms with Gasteiger partial charge in [-0.25, -0.2) is 0 Å². The van der Waals surface area contributed by atoms with Gasteiger partial charge in [0, 0.05) is 12.0 Å². The van der Waals surface area contributed by atoms with E-state index in [9.17, 15) is 5.11 Å². The second kappa shape index (κ2) is 4.27. The number of aliphatic hydroxyl groups is 1. The van der Waals surface area contributed by atoms with Gasteiger partial charge in [0.25, 0.3) is 0 Å². The Morgan fingerprint density at radius 3 is 3.06 bits per heavy atom. The molecule has 3 rings (SSSR count). The van der Waals surface area contributed by atoms with E-state index < -0.39 is 0 Å². The van der Waals surface area contributed by atoms with E-state index >= 15 is 0 Å². The van der Waals surface area contributed by atoms with E-state index in [0.717, 1.165) is 30.6 Å². The molecular weight excluding hydrogens is 224 g/mol. The Morgan fingerprint density at radius 2 is 2.28 bits per heavy atom. The highest BCUT2D eigenvalue weighted by Gasteiger charge is 2.48. The third-order valence-corrected chi connectivity index (χ3v) is 4.77. The fraction of sp³-hybridized carbons (Fsp3) is 0.625. The predicted molar refractivity (Wildman–Crippen MR) is 71.7 cm³/mol. The molecule has 1 N–H and O–H groups in total. The zero-order valence-corrected chi connectivity index (χ0v) is 11.3. The number of hydrogen-bond acceptors (Lipinski definition) is 2. The van der Waals surface area contributed by atoms with Crippen LogP contribution in [0.4, 0.5) is 0 Å². The van der Waals surface area contributed by atoms with Crippen molar-refractivity contribution < 1.29 is 9.84 Å². The Morgan fingerprint density at radius 1 is 1.44 bits per heavy atom.